The number of amidine groups is 1. The molecule has 186 valence electrons. The highest BCUT2D eigenvalue weighted by Crippen LogP contribution is 2.36. The number of carbonyl (C=O) groups is 1. The third-order valence-corrected chi connectivity index (χ3v) is 6.21. The fraction of sp³-hybridized carbons (Fsp3) is 0.240. The van der Waals surface area contributed by atoms with Gasteiger partial charge in [-0.15, -0.1) is 0 Å². The fourth-order valence-corrected chi connectivity index (χ4v) is 4.32. The molecule has 0 spiro atoms. The quantitative estimate of drug-likeness (QED) is 0.464. The monoisotopic (exact) mass is 515 g/mol. The topological polar surface area (TPSA) is 87.6 Å². The zero-order valence-electron chi connectivity index (χ0n) is 18.8. The number of hydrogen-bond acceptors (Lipinski definition) is 6. The Morgan fingerprint density at radius 3 is 2.69 bits per heavy atom. The van der Waals surface area contributed by atoms with Crippen molar-refractivity contribution in [2.45, 2.75) is 25.2 Å². The van der Waals surface area contributed by atoms with Crippen LogP contribution in [0.5, 0.6) is 11.5 Å². The summed E-state index contributed by atoms with van der Waals surface area (Å²) in [4.78, 5) is 21.5. The first-order valence-corrected chi connectivity index (χ1v) is 11.6. The van der Waals surface area contributed by atoms with E-state index in [9.17, 15) is 18.0 Å². The van der Waals surface area contributed by atoms with E-state index in [4.69, 9.17) is 16.3 Å². The summed E-state index contributed by atoms with van der Waals surface area (Å²) >= 11 is 5.67. The van der Waals surface area contributed by atoms with Crippen LogP contribution >= 0.6 is 11.6 Å². The van der Waals surface area contributed by atoms with Gasteiger partial charge in [-0.1, -0.05) is 17.7 Å². The summed E-state index contributed by atoms with van der Waals surface area (Å²) in [7, 11) is 0. The first kappa shape index (κ1) is 24.1. The van der Waals surface area contributed by atoms with Gasteiger partial charge in [0.05, 0.1) is 23.2 Å². The number of pyridine rings is 1. The van der Waals surface area contributed by atoms with Gasteiger partial charge in [-0.05, 0) is 53.9 Å². The molecule has 2 aromatic carbocycles. The molecule has 0 bridgehead atoms. The highest BCUT2D eigenvalue weighted by molar-refractivity contribution is 6.31. The smallest absolute Gasteiger partial charge is 0.417 e. The number of nitrogens with one attached hydrogen (secondary N) is 3. The van der Waals surface area contributed by atoms with E-state index in [-0.39, 0.29) is 5.69 Å². The summed E-state index contributed by atoms with van der Waals surface area (Å²) in [6.07, 6.45) is -2.62. The number of hydrogen-bond donors (Lipinski definition) is 3. The summed E-state index contributed by atoms with van der Waals surface area (Å²) in [5, 5.41) is 8.44. The lowest BCUT2D eigenvalue weighted by atomic mass is 9.95. The van der Waals surface area contributed by atoms with E-state index in [1.807, 2.05) is 18.2 Å². The van der Waals surface area contributed by atoms with E-state index < -0.39 is 28.7 Å². The molecule has 7 nitrogen and oxygen atoms in total. The van der Waals surface area contributed by atoms with Gasteiger partial charge in [-0.2, -0.15) is 13.2 Å². The van der Waals surface area contributed by atoms with Crippen molar-refractivity contribution in [3.63, 3.8) is 0 Å². The average molecular weight is 516 g/mol. The Labute approximate surface area is 209 Å². The van der Waals surface area contributed by atoms with Gasteiger partial charge in [-0.25, -0.2) is 0 Å². The maximum Gasteiger partial charge on any atom is 0.417 e. The van der Waals surface area contributed by atoms with Crippen LogP contribution in [0.4, 0.5) is 18.9 Å². The minimum absolute atomic E-state index is 0.0243. The zero-order valence-corrected chi connectivity index (χ0v) is 19.6. The van der Waals surface area contributed by atoms with E-state index in [2.05, 4.69) is 25.9 Å². The van der Waals surface area contributed by atoms with E-state index in [1.165, 1.54) is 6.07 Å². The Morgan fingerprint density at radius 1 is 1.08 bits per heavy atom. The maximum absolute atomic E-state index is 13.1. The van der Waals surface area contributed by atoms with Gasteiger partial charge in [0.2, 0.25) is 5.91 Å². The van der Waals surface area contributed by atoms with Crippen LogP contribution in [-0.2, 0) is 23.9 Å². The third kappa shape index (κ3) is 5.29. The van der Waals surface area contributed by atoms with Crippen molar-refractivity contribution < 1.29 is 22.7 Å². The van der Waals surface area contributed by atoms with E-state index >= 15 is 0 Å². The van der Waals surface area contributed by atoms with Crippen LogP contribution < -0.4 is 20.7 Å². The van der Waals surface area contributed by atoms with Crippen LogP contribution in [0.2, 0.25) is 5.02 Å². The number of alkyl halides is 3. The summed E-state index contributed by atoms with van der Waals surface area (Å²) in [5.74, 6) is 1.49. The first-order chi connectivity index (χ1) is 17.3. The Bertz CT molecular complexity index is 1350. The molecule has 0 saturated heterocycles. The van der Waals surface area contributed by atoms with Crippen LogP contribution in [0.15, 0.2) is 59.7 Å². The summed E-state index contributed by atoms with van der Waals surface area (Å²) in [5.41, 5.74) is 1.64. The number of aliphatic imine (C=N–C) groups is 1. The third-order valence-electron chi connectivity index (χ3n) is 5.88. The normalized spacial score (nSPS) is 17.1. The fourth-order valence-electron chi connectivity index (χ4n) is 4.10. The van der Waals surface area contributed by atoms with Crippen LogP contribution in [0.25, 0.3) is 0 Å². The standard InChI is InChI=1S/C25H21ClF3N5O2/c26-20-4-2-16(11-19(20)25(27,28)29)34-24(35)22-10-15-9-17(3-1-14(15)13-33-22)36-18-5-6-30-21(12-18)23-31-7-8-32-23/h1-6,9,11-12,22,33H,7-8,10,13H2,(H,31,32)(H,34,35). The SMILES string of the molecule is O=C(Nc1ccc(Cl)c(C(F)(F)F)c1)C1Cc2cc(Oc3ccnc(C4=NCCN4)c3)ccc2CN1. The Kier molecular flexibility index (Phi) is 6.55. The number of carbonyl (C=O) groups excluding carboxylic acids is 1. The zero-order chi connectivity index (χ0) is 25.3. The molecule has 2 aliphatic rings. The lowest BCUT2D eigenvalue weighted by molar-refractivity contribution is -0.137. The van der Waals surface area contributed by atoms with Crippen molar-refractivity contribution in [1.82, 2.24) is 15.6 Å². The van der Waals surface area contributed by atoms with Crippen molar-refractivity contribution in [3.8, 4) is 11.5 Å². The molecule has 1 unspecified atom stereocenters. The van der Waals surface area contributed by atoms with Gasteiger partial charge < -0.3 is 20.7 Å². The van der Waals surface area contributed by atoms with Gasteiger partial charge in [0.15, 0.2) is 0 Å². The Balaban J connectivity index is 1.28. The van der Waals surface area contributed by atoms with E-state index in [0.717, 1.165) is 35.6 Å². The minimum atomic E-state index is -4.62. The molecule has 3 N–H and O–H groups in total. The van der Waals surface area contributed by atoms with Crippen LogP contribution in [-0.4, -0.2) is 35.9 Å². The number of halogens is 4. The van der Waals surface area contributed by atoms with Crippen molar-refractivity contribution in [3.05, 3.63) is 82.1 Å². The second kappa shape index (κ2) is 9.79. The van der Waals surface area contributed by atoms with Gasteiger partial charge in [0, 0.05) is 31.0 Å². The second-order valence-electron chi connectivity index (χ2n) is 8.39. The summed E-state index contributed by atoms with van der Waals surface area (Å²) in [6, 6.07) is 11.8. The largest absolute Gasteiger partial charge is 0.457 e. The number of rotatable bonds is 5. The molecule has 2 aliphatic heterocycles. The molecular weight excluding hydrogens is 495 g/mol. The number of nitrogens with zero attached hydrogens (tertiary/aromatic N) is 2. The van der Waals surface area contributed by atoms with E-state index in [0.29, 0.717) is 36.7 Å². The van der Waals surface area contributed by atoms with Gasteiger partial charge in [0.1, 0.15) is 23.0 Å². The summed E-state index contributed by atoms with van der Waals surface area (Å²) < 4.78 is 45.5. The number of aromatic nitrogens is 1. The predicted octanol–water partition coefficient (Wildman–Crippen LogP) is 4.55. The molecule has 3 aromatic rings. The van der Waals surface area contributed by atoms with Gasteiger partial charge >= 0.3 is 6.18 Å². The van der Waals surface area contributed by atoms with Crippen LogP contribution in [0, 0.1) is 0 Å². The molecule has 0 radical (unpaired) electrons. The molecule has 1 amide bonds. The minimum Gasteiger partial charge on any atom is -0.457 e. The molecule has 5 rings (SSSR count). The van der Waals surface area contributed by atoms with Crippen LogP contribution in [0.3, 0.4) is 0 Å². The van der Waals surface area contributed by atoms with Crippen molar-refractivity contribution >= 4 is 29.0 Å². The maximum atomic E-state index is 13.1. The number of benzene rings is 2. The van der Waals surface area contributed by atoms with Gasteiger partial charge in [-0.3, -0.25) is 14.8 Å². The predicted molar refractivity (Wildman–Crippen MR) is 130 cm³/mol. The lowest BCUT2D eigenvalue weighted by Crippen LogP contribution is -2.44. The Hall–Kier alpha value is -3.63. The number of amides is 1. The van der Waals surface area contributed by atoms with Gasteiger partial charge in [0.25, 0.3) is 0 Å². The van der Waals surface area contributed by atoms with Crippen molar-refractivity contribution in [2.75, 3.05) is 18.4 Å². The average Bonchev–Trinajstić information content (AvgIpc) is 3.39. The molecule has 0 aliphatic carbocycles. The number of ether oxygens (including phenoxy) is 1. The molecule has 1 aromatic heterocycles. The molecule has 0 saturated carbocycles. The molecule has 0 fully saturated rings. The van der Waals surface area contributed by atoms with Crippen molar-refractivity contribution in [1.29, 1.82) is 0 Å². The number of fused-ring (bicyclic) bond motifs is 1. The van der Waals surface area contributed by atoms with E-state index in [1.54, 1.807) is 18.3 Å². The highest BCUT2D eigenvalue weighted by Gasteiger charge is 2.34. The second-order valence-corrected chi connectivity index (χ2v) is 8.79. The molecule has 1 atom stereocenters. The summed E-state index contributed by atoms with van der Waals surface area (Å²) in [6.45, 7) is 1.92. The highest BCUT2D eigenvalue weighted by atomic mass is 35.5. The lowest BCUT2D eigenvalue weighted by Gasteiger charge is -2.26. The molecule has 3 heterocycles. The van der Waals surface area contributed by atoms with Crippen molar-refractivity contribution in [2.24, 2.45) is 4.99 Å². The Morgan fingerprint density at radius 2 is 1.92 bits per heavy atom. The number of anilines is 1. The molecule has 36 heavy (non-hydrogen) atoms. The molecule has 11 heteroatoms. The first-order valence-electron chi connectivity index (χ1n) is 11.2. The molecular formula is C25H21ClF3N5O2. The van der Waals surface area contributed by atoms with Crippen LogP contribution in [0.1, 0.15) is 22.4 Å².